The van der Waals surface area contributed by atoms with Gasteiger partial charge in [0, 0.05) is 19.2 Å². The van der Waals surface area contributed by atoms with E-state index in [9.17, 15) is 0 Å². The maximum absolute atomic E-state index is 8.83. The van der Waals surface area contributed by atoms with Gasteiger partial charge in [0.25, 0.3) is 0 Å². The van der Waals surface area contributed by atoms with Gasteiger partial charge >= 0.3 is 0 Å². The molecule has 1 unspecified atom stereocenters. The van der Waals surface area contributed by atoms with Gasteiger partial charge in [-0.25, -0.2) is 0 Å². The van der Waals surface area contributed by atoms with Gasteiger partial charge in [-0.2, -0.15) is 5.10 Å². The van der Waals surface area contributed by atoms with Gasteiger partial charge in [0.15, 0.2) is 0 Å². The average Bonchev–Trinajstić information content (AvgIpc) is 2.30. The first-order valence-corrected chi connectivity index (χ1v) is 5.21. The highest BCUT2D eigenvalue weighted by Crippen LogP contribution is 2.17. The van der Waals surface area contributed by atoms with Gasteiger partial charge in [-0.05, 0) is 37.8 Å². The summed E-state index contributed by atoms with van der Waals surface area (Å²) in [5, 5.41) is 13.0. The van der Waals surface area contributed by atoms with E-state index in [-0.39, 0.29) is 12.5 Å². The summed E-state index contributed by atoms with van der Waals surface area (Å²) in [5.74, 6) is 0.230. The first-order valence-electron chi connectivity index (χ1n) is 3.63. The van der Waals surface area contributed by atoms with E-state index in [0.29, 0.717) is 0 Å². The highest BCUT2D eigenvalue weighted by atomic mass is 79.9. The highest BCUT2D eigenvalue weighted by molar-refractivity contribution is 9.11. The molecule has 3 nitrogen and oxygen atoms in total. The molecule has 0 fully saturated rings. The lowest BCUT2D eigenvalue weighted by Crippen LogP contribution is -2.12. The van der Waals surface area contributed by atoms with Crippen molar-refractivity contribution in [3.05, 3.63) is 15.3 Å². The standard InChI is InChI=1S/C7H10Br2N2O/c1-5(4-12)3-11-7(9)2-6(8)10-11/h2,5,12H,3-4H2,1H3. The molecular weight excluding hydrogens is 288 g/mol. The van der Waals surface area contributed by atoms with Crippen molar-refractivity contribution in [3.8, 4) is 0 Å². The van der Waals surface area contributed by atoms with Crippen molar-refractivity contribution in [2.45, 2.75) is 13.5 Å². The third-order valence-corrected chi connectivity index (χ3v) is 2.52. The fourth-order valence-electron chi connectivity index (χ4n) is 0.846. The van der Waals surface area contributed by atoms with E-state index >= 15 is 0 Å². The Bertz CT molecular complexity index is 262. The van der Waals surface area contributed by atoms with Crippen molar-refractivity contribution in [1.82, 2.24) is 9.78 Å². The quantitative estimate of drug-likeness (QED) is 0.927. The van der Waals surface area contributed by atoms with Gasteiger partial charge in [-0.3, -0.25) is 4.68 Å². The second-order valence-corrected chi connectivity index (χ2v) is 4.38. The van der Waals surface area contributed by atoms with Gasteiger partial charge in [0.2, 0.25) is 0 Å². The number of halogens is 2. The molecule has 0 aromatic carbocycles. The number of aliphatic hydroxyl groups is 1. The summed E-state index contributed by atoms with van der Waals surface area (Å²) in [6.07, 6.45) is 0. The Kier molecular flexibility index (Phi) is 3.74. The molecule has 1 rings (SSSR count). The fourth-order valence-corrected chi connectivity index (χ4v) is 2.00. The maximum Gasteiger partial charge on any atom is 0.129 e. The van der Waals surface area contributed by atoms with Crippen molar-refractivity contribution in [2.75, 3.05) is 6.61 Å². The molecule has 0 spiro atoms. The Labute approximate surface area is 88.0 Å². The molecule has 0 bridgehead atoms. The summed E-state index contributed by atoms with van der Waals surface area (Å²) in [5.41, 5.74) is 0. The molecule has 68 valence electrons. The zero-order valence-electron chi connectivity index (χ0n) is 6.67. The van der Waals surface area contributed by atoms with Crippen LogP contribution in [0, 0.1) is 5.92 Å². The molecular formula is C7H10Br2N2O. The van der Waals surface area contributed by atoms with Crippen molar-refractivity contribution in [2.24, 2.45) is 5.92 Å². The van der Waals surface area contributed by atoms with Crippen LogP contribution in [0.2, 0.25) is 0 Å². The van der Waals surface area contributed by atoms with Crippen molar-refractivity contribution >= 4 is 31.9 Å². The van der Waals surface area contributed by atoms with Gasteiger partial charge in [-0.15, -0.1) is 0 Å². The largest absolute Gasteiger partial charge is 0.396 e. The van der Waals surface area contributed by atoms with E-state index in [0.717, 1.165) is 15.8 Å². The lowest BCUT2D eigenvalue weighted by atomic mass is 10.2. The van der Waals surface area contributed by atoms with Crippen LogP contribution in [0.4, 0.5) is 0 Å². The molecule has 0 aliphatic carbocycles. The monoisotopic (exact) mass is 296 g/mol. The molecule has 1 N–H and O–H groups in total. The molecule has 1 aromatic heterocycles. The van der Waals surface area contributed by atoms with Gasteiger partial charge in [-0.1, -0.05) is 6.92 Å². The predicted octanol–water partition coefficient (Wildman–Crippen LogP) is 2.04. The van der Waals surface area contributed by atoms with E-state index in [4.69, 9.17) is 5.11 Å². The molecule has 0 radical (unpaired) electrons. The van der Waals surface area contributed by atoms with E-state index in [1.807, 2.05) is 17.7 Å². The first-order chi connectivity index (χ1) is 5.63. The van der Waals surface area contributed by atoms with Crippen LogP contribution in [0.1, 0.15) is 6.92 Å². The average molecular weight is 298 g/mol. The Morgan fingerprint density at radius 2 is 2.33 bits per heavy atom. The van der Waals surface area contributed by atoms with Crippen molar-refractivity contribution < 1.29 is 5.11 Å². The molecule has 0 aliphatic rings. The molecule has 1 aromatic rings. The summed E-state index contributed by atoms with van der Waals surface area (Å²) in [6, 6.07) is 1.88. The Morgan fingerprint density at radius 1 is 1.67 bits per heavy atom. The zero-order chi connectivity index (χ0) is 9.14. The normalized spacial score (nSPS) is 13.3. The summed E-state index contributed by atoms with van der Waals surface area (Å²) in [7, 11) is 0. The summed E-state index contributed by atoms with van der Waals surface area (Å²) < 4.78 is 3.54. The van der Waals surface area contributed by atoms with Crippen LogP contribution < -0.4 is 0 Å². The van der Waals surface area contributed by atoms with E-state index in [2.05, 4.69) is 37.0 Å². The Balaban J connectivity index is 2.68. The zero-order valence-corrected chi connectivity index (χ0v) is 9.84. The third kappa shape index (κ3) is 2.57. The number of nitrogens with zero attached hydrogens (tertiary/aromatic N) is 2. The molecule has 0 saturated carbocycles. The van der Waals surface area contributed by atoms with Gasteiger partial charge in [0.05, 0.1) is 0 Å². The van der Waals surface area contributed by atoms with Crippen LogP contribution >= 0.6 is 31.9 Å². The van der Waals surface area contributed by atoms with Crippen LogP contribution in [-0.4, -0.2) is 21.5 Å². The van der Waals surface area contributed by atoms with Crippen molar-refractivity contribution in [1.29, 1.82) is 0 Å². The minimum Gasteiger partial charge on any atom is -0.396 e. The van der Waals surface area contributed by atoms with E-state index < -0.39 is 0 Å². The second-order valence-electron chi connectivity index (χ2n) is 2.76. The van der Waals surface area contributed by atoms with Crippen LogP contribution in [0.25, 0.3) is 0 Å². The molecule has 0 saturated heterocycles. The molecule has 12 heavy (non-hydrogen) atoms. The van der Waals surface area contributed by atoms with Gasteiger partial charge in [0.1, 0.15) is 9.21 Å². The SMILES string of the molecule is CC(CO)Cn1nc(Br)cc1Br. The van der Waals surface area contributed by atoms with Crippen LogP contribution in [-0.2, 0) is 6.54 Å². The van der Waals surface area contributed by atoms with Crippen LogP contribution in [0.5, 0.6) is 0 Å². The van der Waals surface area contributed by atoms with Gasteiger partial charge < -0.3 is 5.11 Å². The molecule has 0 amide bonds. The number of rotatable bonds is 3. The Morgan fingerprint density at radius 3 is 2.75 bits per heavy atom. The minimum atomic E-state index is 0.184. The second kappa shape index (κ2) is 4.39. The maximum atomic E-state index is 8.83. The number of aliphatic hydroxyl groups excluding tert-OH is 1. The van der Waals surface area contributed by atoms with Crippen molar-refractivity contribution in [3.63, 3.8) is 0 Å². The number of aromatic nitrogens is 2. The molecule has 1 heterocycles. The third-order valence-electron chi connectivity index (χ3n) is 1.50. The number of hydrogen-bond acceptors (Lipinski definition) is 2. The summed E-state index contributed by atoms with van der Waals surface area (Å²) in [4.78, 5) is 0. The Hall–Kier alpha value is 0.130. The molecule has 1 atom stereocenters. The summed E-state index contributed by atoms with van der Waals surface area (Å²) in [6.45, 7) is 2.88. The van der Waals surface area contributed by atoms with Crippen LogP contribution in [0.15, 0.2) is 15.3 Å². The topological polar surface area (TPSA) is 38.0 Å². The molecule has 5 heteroatoms. The predicted molar refractivity (Wildman–Crippen MR) is 53.9 cm³/mol. The lowest BCUT2D eigenvalue weighted by Gasteiger charge is -2.08. The minimum absolute atomic E-state index is 0.184. The smallest absolute Gasteiger partial charge is 0.129 e. The number of hydrogen-bond donors (Lipinski definition) is 1. The fraction of sp³-hybridized carbons (Fsp3) is 0.571. The van der Waals surface area contributed by atoms with E-state index in [1.165, 1.54) is 0 Å². The first kappa shape index (κ1) is 10.2. The van der Waals surface area contributed by atoms with E-state index in [1.54, 1.807) is 0 Å². The lowest BCUT2D eigenvalue weighted by molar-refractivity contribution is 0.218. The summed E-state index contributed by atoms with van der Waals surface area (Å²) >= 11 is 6.63. The molecule has 0 aliphatic heterocycles. The highest BCUT2D eigenvalue weighted by Gasteiger charge is 2.06. The van der Waals surface area contributed by atoms with Crippen LogP contribution in [0.3, 0.4) is 0 Å².